The van der Waals surface area contributed by atoms with Crippen LogP contribution in [0.3, 0.4) is 0 Å². The summed E-state index contributed by atoms with van der Waals surface area (Å²) in [6.45, 7) is 9.17. The van der Waals surface area contributed by atoms with Gasteiger partial charge in [0.1, 0.15) is 0 Å². The molecule has 0 amide bonds. The van der Waals surface area contributed by atoms with E-state index < -0.39 is 0 Å². The molecule has 0 aromatic heterocycles. The van der Waals surface area contributed by atoms with Crippen LogP contribution in [-0.4, -0.2) is 0 Å². The van der Waals surface area contributed by atoms with E-state index in [1.807, 2.05) is 0 Å². The Hall–Kier alpha value is -0.157. The minimum Gasteiger partial charge on any atom is -0.258 e. The van der Waals surface area contributed by atoms with Crippen molar-refractivity contribution in [1.29, 1.82) is 0 Å². The van der Waals surface area contributed by atoms with Crippen LogP contribution in [0.2, 0.25) is 0 Å². The van der Waals surface area contributed by atoms with Gasteiger partial charge in [-0.1, -0.05) is 82.6 Å². The van der Waals surface area contributed by atoms with Crippen LogP contribution in [0, 0.1) is 11.5 Å². The third-order valence-corrected chi connectivity index (χ3v) is 4.52. The second-order valence-electron chi connectivity index (χ2n) is 5.20. The van der Waals surface area contributed by atoms with Gasteiger partial charge in [0.05, 0.1) is 0 Å². The minimum atomic E-state index is 0. The monoisotopic (exact) mass is 331 g/mol. The van der Waals surface area contributed by atoms with Crippen molar-refractivity contribution < 1.29 is 26.2 Å². The van der Waals surface area contributed by atoms with Gasteiger partial charge in [-0.05, 0) is 6.42 Å². The normalized spacial score (nSPS) is 25.5. The molecule has 0 saturated carbocycles. The van der Waals surface area contributed by atoms with Gasteiger partial charge in [-0.15, -0.1) is 0 Å². The summed E-state index contributed by atoms with van der Waals surface area (Å²) in [5.41, 5.74) is 6.38. The smallest absolute Gasteiger partial charge is 0 e. The number of rotatable bonds is 5. The maximum Gasteiger partial charge on any atom is 0 e. The summed E-state index contributed by atoms with van der Waals surface area (Å²) >= 11 is 0. The topological polar surface area (TPSA) is 0 Å². The molecule has 0 bridgehead atoms. The van der Waals surface area contributed by atoms with E-state index in [1.54, 1.807) is 16.7 Å². The molecule has 102 valence electrons. The maximum absolute atomic E-state index is 3.88. The van der Waals surface area contributed by atoms with E-state index in [0.29, 0.717) is 0 Å². The van der Waals surface area contributed by atoms with E-state index in [4.69, 9.17) is 0 Å². The van der Waals surface area contributed by atoms with Gasteiger partial charge in [0.25, 0.3) is 0 Å². The molecule has 0 heterocycles. The molecule has 0 saturated heterocycles. The average Bonchev–Trinajstić information content (AvgIpc) is 3.03. The first-order chi connectivity index (χ1) is 8.73. The zero-order chi connectivity index (χ0) is 13.2. The second kappa shape index (κ2) is 7.03. The summed E-state index contributed by atoms with van der Waals surface area (Å²) in [5.74, 6) is 0. The number of hydrogen-bond donors (Lipinski definition) is 0. The molecule has 0 radical (unpaired) electrons. The van der Waals surface area contributed by atoms with Gasteiger partial charge in [-0.3, -0.25) is 6.08 Å². The van der Waals surface area contributed by atoms with E-state index in [-0.39, 0.29) is 31.6 Å². The van der Waals surface area contributed by atoms with Crippen molar-refractivity contribution in [3.63, 3.8) is 0 Å². The third kappa shape index (κ3) is 2.68. The predicted molar refractivity (Wildman–Crippen MR) is 79.2 cm³/mol. The van der Waals surface area contributed by atoms with E-state index >= 15 is 0 Å². The standard InChI is InChI=1S/C18H25.Zr/c1-5-14-13-18(8-4,15-11-9-10-12-15)17(7-3)16(14)6-2;/h9-11H,5-8,12H2,1-4H3;/q-1;. The molecule has 19 heavy (non-hydrogen) atoms. The summed E-state index contributed by atoms with van der Waals surface area (Å²) < 4.78 is 0. The average molecular weight is 333 g/mol. The van der Waals surface area contributed by atoms with Crippen LogP contribution in [0.4, 0.5) is 0 Å². The fourth-order valence-corrected chi connectivity index (χ4v) is 3.66. The van der Waals surface area contributed by atoms with Gasteiger partial charge < -0.3 is 0 Å². The van der Waals surface area contributed by atoms with Gasteiger partial charge in [0, 0.05) is 26.2 Å². The Morgan fingerprint density at radius 2 is 1.84 bits per heavy atom. The zero-order valence-corrected chi connectivity index (χ0v) is 15.2. The summed E-state index contributed by atoms with van der Waals surface area (Å²) in [7, 11) is 0. The largest absolute Gasteiger partial charge is 0.258 e. The molecule has 0 aliphatic heterocycles. The van der Waals surface area contributed by atoms with Crippen LogP contribution < -0.4 is 0 Å². The van der Waals surface area contributed by atoms with Crippen LogP contribution in [-0.2, 0) is 26.2 Å². The Bertz CT molecular complexity index is 448. The molecule has 0 aromatic carbocycles. The quantitative estimate of drug-likeness (QED) is 0.580. The molecule has 0 fully saturated rings. The fourth-order valence-electron chi connectivity index (χ4n) is 3.66. The minimum absolute atomic E-state index is 0. The van der Waals surface area contributed by atoms with E-state index in [0.717, 1.165) is 32.1 Å². The summed E-state index contributed by atoms with van der Waals surface area (Å²) in [5, 5.41) is 0. The van der Waals surface area contributed by atoms with Gasteiger partial charge in [0.2, 0.25) is 0 Å². The number of hydrogen-bond acceptors (Lipinski definition) is 0. The van der Waals surface area contributed by atoms with Gasteiger partial charge in [-0.2, -0.15) is 11.1 Å². The third-order valence-electron chi connectivity index (χ3n) is 4.52. The zero-order valence-electron chi connectivity index (χ0n) is 12.8. The van der Waals surface area contributed by atoms with Crippen molar-refractivity contribution in [1.82, 2.24) is 0 Å². The Balaban J connectivity index is 0.00000180. The molecule has 1 heteroatoms. The van der Waals surface area contributed by atoms with E-state index in [9.17, 15) is 0 Å². The molecular weight excluding hydrogens is 307 g/mol. The van der Waals surface area contributed by atoms with Gasteiger partial charge >= 0.3 is 0 Å². The van der Waals surface area contributed by atoms with Gasteiger partial charge in [0.15, 0.2) is 0 Å². The molecule has 0 nitrogen and oxygen atoms in total. The Morgan fingerprint density at radius 1 is 1.11 bits per heavy atom. The molecule has 1 unspecified atom stereocenters. The van der Waals surface area contributed by atoms with Crippen molar-refractivity contribution in [2.45, 2.75) is 59.8 Å². The van der Waals surface area contributed by atoms with E-state index in [2.05, 4.69) is 52.0 Å². The predicted octanol–water partition coefficient (Wildman–Crippen LogP) is 5.54. The summed E-state index contributed by atoms with van der Waals surface area (Å²) in [6, 6.07) is 0. The van der Waals surface area contributed by atoms with Crippen molar-refractivity contribution in [2.75, 3.05) is 0 Å². The van der Waals surface area contributed by atoms with Crippen LogP contribution in [0.25, 0.3) is 0 Å². The SMILES string of the molecule is CCC1=[C-]C(CC)(C2=CC=CC2)C(CC)=C1CC.[Zr]. The molecular formula is C18H25Zr-. The van der Waals surface area contributed by atoms with Crippen LogP contribution >= 0.6 is 0 Å². The first-order valence-electron chi connectivity index (χ1n) is 7.46. The summed E-state index contributed by atoms with van der Waals surface area (Å²) in [6.07, 6.45) is 16.4. The van der Waals surface area contributed by atoms with Gasteiger partial charge in [-0.25, -0.2) is 5.57 Å². The number of allylic oxidation sites excluding steroid dienone is 8. The maximum atomic E-state index is 3.88. The summed E-state index contributed by atoms with van der Waals surface area (Å²) in [4.78, 5) is 0. The molecule has 0 N–H and O–H groups in total. The molecule has 1 atom stereocenters. The van der Waals surface area contributed by atoms with Crippen molar-refractivity contribution in [3.8, 4) is 0 Å². The van der Waals surface area contributed by atoms with E-state index in [1.165, 1.54) is 5.57 Å². The molecule has 2 aliphatic carbocycles. The van der Waals surface area contributed by atoms with Crippen LogP contribution in [0.15, 0.2) is 40.5 Å². The van der Waals surface area contributed by atoms with Crippen LogP contribution in [0.5, 0.6) is 0 Å². The Kier molecular flexibility index (Phi) is 6.25. The first kappa shape index (κ1) is 16.9. The second-order valence-corrected chi connectivity index (χ2v) is 5.20. The van der Waals surface area contributed by atoms with Crippen molar-refractivity contribution in [2.24, 2.45) is 5.41 Å². The molecule has 2 rings (SSSR count). The first-order valence-corrected chi connectivity index (χ1v) is 7.46. The molecule has 0 spiro atoms. The van der Waals surface area contributed by atoms with Crippen LogP contribution in [0.1, 0.15) is 59.8 Å². The van der Waals surface area contributed by atoms with Crippen molar-refractivity contribution in [3.05, 3.63) is 46.6 Å². The van der Waals surface area contributed by atoms with Crippen molar-refractivity contribution >= 4 is 0 Å². The Morgan fingerprint density at radius 3 is 2.26 bits per heavy atom. The molecule has 0 aromatic rings. The fraction of sp³-hybridized carbons (Fsp3) is 0.556. The Labute approximate surface area is 137 Å². The molecule has 2 aliphatic rings.